The molecular weight excluding hydrogens is 433 g/mol. The van der Waals surface area contributed by atoms with Crippen LogP contribution in [0.2, 0.25) is 0 Å². The summed E-state index contributed by atoms with van der Waals surface area (Å²) in [6.45, 7) is 2.33. The van der Waals surface area contributed by atoms with Gasteiger partial charge in [0, 0.05) is 17.8 Å². The molecule has 26 heavy (non-hydrogen) atoms. The number of ether oxygens (including phenoxy) is 2. The van der Waals surface area contributed by atoms with E-state index in [2.05, 4.69) is 20.7 Å². The highest BCUT2D eigenvalue weighted by Crippen LogP contribution is 2.39. The van der Waals surface area contributed by atoms with Gasteiger partial charge in [0.05, 0.1) is 5.75 Å². The number of rotatable bonds is 7. The molecule has 0 saturated heterocycles. The average Bonchev–Trinajstić information content (AvgIpc) is 2.77. The van der Waals surface area contributed by atoms with E-state index in [0.29, 0.717) is 11.8 Å². The number of hydrogen-bond donors (Lipinski definition) is 1. The van der Waals surface area contributed by atoms with E-state index in [-0.39, 0.29) is 11.3 Å². The Balaban J connectivity index is 2.43. The molecule has 0 radical (unpaired) electrons. The number of alkyl halides is 1. The molecule has 2 rings (SSSR count). The van der Waals surface area contributed by atoms with Gasteiger partial charge in [0.2, 0.25) is 27.3 Å². The molecule has 1 aliphatic heterocycles. The van der Waals surface area contributed by atoms with E-state index in [9.17, 15) is 22.4 Å². The van der Waals surface area contributed by atoms with E-state index in [0.717, 1.165) is 13.0 Å². The van der Waals surface area contributed by atoms with Crippen molar-refractivity contribution in [3.63, 3.8) is 0 Å². The molecule has 0 saturated carbocycles. The zero-order valence-corrected chi connectivity index (χ0v) is 16.4. The SMILES string of the molecule is CC(=O)OC1=C(NS(=O)(=O)CCCBr)OC(C)(c2ccccc2F)C1=O. The highest BCUT2D eigenvalue weighted by Gasteiger charge is 2.51. The van der Waals surface area contributed by atoms with Crippen LogP contribution in [0.4, 0.5) is 4.39 Å². The molecule has 1 heterocycles. The number of nitrogens with one attached hydrogen (secondary N) is 1. The second kappa shape index (κ2) is 7.75. The van der Waals surface area contributed by atoms with Crippen molar-refractivity contribution in [1.82, 2.24) is 4.72 Å². The van der Waals surface area contributed by atoms with Crippen molar-refractivity contribution < 1.29 is 31.9 Å². The van der Waals surface area contributed by atoms with Crippen LogP contribution in [0.5, 0.6) is 0 Å². The fourth-order valence-corrected chi connectivity index (χ4v) is 4.08. The van der Waals surface area contributed by atoms with Gasteiger partial charge in [-0.25, -0.2) is 12.8 Å². The first-order valence-corrected chi connectivity index (χ1v) is 10.4. The molecular formula is C16H17BrFNO6S. The average molecular weight is 450 g/mol. The van der Waals surface area contributed by atoms with Gasteiger partial charge in [-0.05, 0) is 19.4 Å². The number of halogens is 2. The normalized spacial score (nSPS) is 20.1. The molecule has 0 bridgehead atoms. The summed E-state index contributed by atoms with van der Waals surface area (Å²) in [5, 5.41) is 0.455. The van der Waals surface area contributed by atoms with Crippen LogP contribution in [0, 0.1) is 5.82 Å². The monoisotopic (exact) mass is 449 g/mol. The summed E-state index contributed by atoms with van der Waals surface area (Å²) in [4.78, 5) is 24.1. The number of Topliss-reactive ketones (excluding diaryl/α,β-unsaturated/α-hetero) is 1. The van der Waals surface area contributed by atoms with E-state index >= 15 is 0 Å². The summed E-state index contributed by atoms with van der Waals surface area (Å²) in [7, 11) is -3.86. The van der Waals surface area contributed by atoms with Gasteiger partial charge in [-0.1, -0.05) is 34.1 Å². The molecule has 1 aromatic carbocycles. The maximum Gasteiger partial charge on any atom is 0.308 e. The lowest BCUT2D eigenvalue weighted by atomic mass is 9.91. The molecule has 1 atom stereocenters. The number of carbonyl (C=O) groups excluding carboxylic acids is 2. The van der Waals surface area contributed by atoms with Crippen molar-refractivity contribution in [2.45, 2.75) is 25.9 Å². The van der Waals surface area contributed by atoms with E-state index < -0.39 is 44.8 Å². The van der Waals surface area contributed by atoms with Crippen LogP contribution in [0.3, 0.4) is 0 Å². The fourth-order valence-electron chi connectivity index (χ4n) is 2.38. The second-order valence-electron chi connectivity index (χ2n) is 5.66. The lowest BCUT2D eigenvalue weighted by Crippen LogP contribution is -2.33. The predicted octanol–water partition coefficient (Wildman–Crippen LogP) is 2.08. The number of sulfonamides is 1. The number of hydrogen-bond acceptors (Lipinski definition) is 6. The minimum atomic E-state index is -3.86. The van der Waals surface area contributed by atoms with Gasteiger partial charge in [0.15, 0.2) is 0 Å². The van der Waals surface area contributed by atoms with Gasteiger partial charge in [-0.15, -0.1) is 0 Å². The van der Waals surface area contributed by atoms with Gasteiger partial charge in [0.25, 0.3) is 5.78 Å². The van der Waals surface area contributed by atoms with Crippen LogP contribution in [0.25, 0.3) is 0 Å². The van der Waals surface area contributed by atoms with Crippen LogP contribution in [-0.4, -0.2) is 31.3 Å². The smallest absolute Gasteiger partial charge is 0.308 e. The standard InChI is InChI=1S/C16H17BrFNO6S/c1-10(20)24-13-14(21)16(2,11-6-3-4-7-12(11)18)25-15(13)19-26(22,23)9-5-8-17/h3-4,6-7,19H,5,8-9H2,1-2H3. The van der Waals surface area contributed by atoms with Crippen LogP contribution in [0.1, 0.15) is 25.8 Å². The second-order valence-corrected chi connectivity index (χ2v) is 8.29. The van der Waals surface area contributed by atoms with Crippen molar-refractivity contribution in [2.75, 3.05) is 11.1 Å². The third-order valence-electron chi connectivity index (χ3n) is 3.58. The summed E-state index contributed by atoms with van der Waals surface area (Å²) in [5.41, 5.74) is -1.98. The Bertz CT molecular complexity index is 869. The quantitative estimate of drug-likeness (QED) is 0.505. The lowest BCUT2D eigenvalue weighted by Gasteiger charge is -2.24. The van der Waals surface area contributed by atoms with Gasteiger partial charge < -0.3 is 9.47 Å². The lowest BCUT2D eigenvalue weighted by molar-refractivity contribution is -0.142. The molecule has 1 N–H and O–H groups in total. The molecule has 0 fully saturated rings. The zero-order chi connectivity index (χ0) is 19.5. The summed E-state index contributed by atoms with van der Waals surface area (Å²) in [6.07, 6.45) is 0.310. The molecule has 7 nitrogen and oxygen atoms in total. The Labute approximate surface area is 158 Å². The molecule has 1 aromatic rings. The molecule has 1 unspecified atom stereocenters. The Morgan fingerprint density at radius 2 is 2.04 bits per heavy atom. The van der Waals surface area contributed by atoms with Crippen molar-refractivity contribution in [2.24, 2.45) is 0 Å². The Hall–Kier alpha value is -1.94. The van der Waals surface area contributed by atoms with Gasteiger partial charge in [-0.3, -0.25) is 14.3 Å². The van der Waals surface area contributed by atoms with Crippen LogP contribution in [0.15, 0.2) is 35.9 Å². The predicted molar refractivity (Wildman–Crippen MR) is 94.0 cm³/mol. The Kier molecular flexibility index (Phi) is 6.07. The van der Waals surface area contributed by atoms with Crippen molar-refractivity contribution >= 4 is 37.7 Å². The fraction of sp³-hybridized carbons (Fsp3) is 0.375. The van der Waals surface area contributed by atoms with E-state index in [4.69, 9.17) is 9.47 Å². The van der Waals surface area contributed by atoms with Gasteiger partial charge in [0.1, 0.15) is 5.82 Å². The zero-order valence-electron chi connectivity index (χ0n) is 14.0. The van der Waals surface area contributed by atoms with Gasteiger partial charge >= 0.3 is 5.97 Å². The molecule has 142 valence electrons. The summed E-state index contributed by atoms with van der Waals surface area (Å²) < 4.78 is 50.9. The number of carbonyl (C=O) groups is 2. The molecule has 0 aromatic heterocycles. The maximum atomic E-state index is 14.2. The summed E-state index contributed by atoms with van der Waals surface area (Å²) >= 11 is 3.12. The molecule has 1 aliphatic rings. The first-order valence-electron chi connectivity index (χ1n) is 7.58. The van der Waals surface area contributed by atoms with Gasteiger partial charge in [-0.2, -0.15) is 0 Å². The van der Waals surface area contributed by atoms with Crippen molar-refractivity contribution in [3.05, 3.63) is 47.3 Å². The van der Waals surface area contributed by atoms with Crippen LogP contribution >= 0.6 is 15.9 Å². The first kappa shape index (κ1) is 20.4. The van der Waals surface area contributed by atoms with E-state index in [1.807, 2.05) is 0 Å². The van der Waals surface area contributed by atoms with Crippen LogP contribution < -0.4 is 4.72 Å². The summed E-state index contributed by atoms with van der Waals surface area (Å²) in [6, 6.07) is 5.41. The number of ketones is 1. The minimum absolute atomic E-state index is 0.107. The molecule has 0 aliphatic carbocycles. The Morgan fingerprint density at radius 3 is 2.62 bits per heavy atom. The molecule has 0 amide bonds. The van der Waals surface area contributed by atoms with Crippen molar-refractivity contribution in [1.29, 1.82) is 0 Å². The van der Waals surface area contributed by atoms with Crippen molar-refractivity contribution in [3.8, 4) is 0 Å². The van der Waals surface area contributed by atoms with E-state index in [1.165, 1.54) is 25.1 Å². The highest BCUT2D eigenvalue weighted by atomic mass is 79.9. The topological polar surface area (TPSA) is 98.8 Å². The molecule has 0 spiro atoms. The third kappa shape index (κ3) is 4.24. The summed E-state index contributed by atoms with van der Waals surface area (Å²) in [5.74, 6) is -3.81. The molecule has 10 heteroatoms. The number of esters is 1. The Morgan fingerprint density at radius 1 is 1.38 bits per heavy atom. The maximum absolute atomic E-state index is 14.2. The van der Waals surface area contributed by atoms with E-state index in [1.54, 1.807) is 0 Å². The first-order chi connectivity index (χ1) is 12.1. The van der Waals surface area contributed by atoms with Crippen LogP contribution in [-0.2, 0) is 34.7 Å². The third-order valence-corrected chi connectivity index (χ3v) is 5.46. The number of benzene rings is 1. The minimum Gasteiger partial charge on any atom is -0.456 e. The largest absolute Gasteiger partial charge is 0.456 e. The highest BCUT2D eigenvalue weighted by molar-refractivity contribution is 9.09.